The highest BCUT2D eigenvalue weighted by atomic mass is 35.5. The van der Waals surface area contributed by atoms with Crippen LogP contribution in [0.15, 0.2) is 18.2 Å². The molecule has 1 aliphatic rings. The fourth-order valence-corrected chi connectivity index (χ4v) is 3.16. The summed E-state index contributed by atoms with van der Waals surface area (Å²) in [6.07, 6.45) is 3.40. The van der Waals surface area contributed by atoms with Gasteiger partial charge in [0.25, 0.3) is 11.8 Å². The third-order valence-electron chi connectivity index (χ3n) is 4.25. The summed E-state index contributed by atoms with van der Waals surface area (Å²) in [6.45, 7) is 3.16. The second kappa shape index (κ2) is 7.86. The number of hydrogen-bond donors (Lipinski definition) is 2. The SMILES string of the molecule is CCCNC(=O)c1nc(C(=O)Nc2ccc(F)c(Cl)c2)n2c1CCCC2. The second-order valence-corrected chi connectivity index (χ2v) is 6.59. The normalized spacial score (nSPS) is 13.2. The van der Waals surface area contributed by atoms with Crippen LogP contribution in [0.1, 0.15) is 53.0 Å². The van der Waals surface area contributed by atoms with E-state index in [1.807, 2.05) is 6.92 Å². The monoisotopic (exact) mass is 378 g/mol. The van der Waals surface area contributed by atoms with Crippen molar-refractivity contribution in [1.82, 2.24) is 14.9 Å². The van der Waals surface area contributed by atoms with Crippen LogP contribution in [0.2, 0.25) is 5.02 Å². The Morgan fingerprint density at radius 1 is 1.31 bits per heavy atom. The summed E-state index contributed by atoms with van der Waals surface area (Å²) in [5.74, 6) is -1.09. The first-order chi connectivity index (χ1) is 12.5. The molecule has 0 unspecified atom stereocenters. The first-order valence-electron chi connectivity index (χ1n) is 8.65. The van der Waals surface area contributed by atoms with Crippen molar-refractivity contribution < 1.29 is 14.0 Å². The number of nitrogens with one attached hydrogen (secondary N) is 2. The molecule has 3 rings (SSSR count). The Bertz CT molecular complexity index is 850. The minimum absolute atomic E-state index is 0.0763. The first kappa shape index (κ1) is 18.4. The zero-order valence-electron chi connectivity index (χ0n) is 14.4. The fraction of sp³-hybridized carbons (Fsp3) is 0.389. The Labute approximate surface area is 155 Å². The van der Waals surface area contributed by atoms with Crippen LogP contribution < -0.4 is 10.6 Å². The van der Waals surface area contributed by atoms with Gasteiger partial charge in [0.1, 0.15) is 11.5 Å². The van der Waals surface area contributed by atoms with E-state index in [0.29, 0.717) is 30.9 Å². The van der Waals surface area contributed by atoms with E-state index in [1.54, 1.807) is 4.57 Å². The third kappa shape index (κ3) is 3.72. The van der Waals surface area contributed by atoms with Crippen LogP contribution in [-0.4, -0.2) is 27.9 Å². The van der Waals surface area contributed by atoms with Gasteiger partial charge in [0, 0.05) is 18.8 Å². The minimum atomic E-state index is -0.558. The topological polar surface area (TPSA) is 76.0 Å². The molecule has 2 N–H and O–H groups in total. The van der Waals surface area contributed by atoms with E-state index in [4.69, 9.17) is 11.6 Å². The smallest absolute Gasteiger partial charge is 0.291 e. The molecule has 2 aromatic rings. The van der Waals surface area contributed by atoms with E-state index in [2.05, 4.69) is 15.6 Å². The zero-order valence-corrected chi connectivity index (χ0v) is 15.2. The molecule has 2 amide bonds. The van der Waals surface area contributed by atoms with Crippen molar-refractivity contribution >= 4 is 29.1 Å². The number of fused-ring (bicyclic) bond motifs is 1. The van der Waals surface area contributed by atoms with Gasteiger partial charge in [-0.1, -0.05) is 18.5 Å². The quantitative estimate of drug-likeness (QED) is 0.837. The van der Waals surface area contributed by atoms with E-state index in [9.17, 15) is 14.0 Å². The minimum Gasteiger partial charge on any atom is -0.351 e. The Balaban J connectivity index is 1.88. The van der Waals surface area contributed by atoms with Gasteiger partial charge in [-0.15, -0.1) is 0 Å². The summed E-state index contributed by atoms with van der Waals surface area (Å²) < 4.78 is 15.1. The zero-order chi connectivity index (χ0) is 18.7. The molecule has 0 saturated heterocycles. The molecule has 1 aromatic heterocycles. The lowest BCUT2D eigenvalue weighted by atomic mass is 10.1. The summed E-state index contributed by atoms with van der Waals surface area (Å²) in [7, 11) is 0. The number of imidazole rings is 1. The molecule has 0 bridgehead atoms. The van der Waals surface area contributed by atoms with Crippen molar-refractivity contribution in [2.24, 2.45) is 0 Å². The molecule has 6 nitrogen and oxygen atoms in total. The molecule has 0 atom stereocenters. The number of amides is 2. The van der Waals surface area contributed by atoms with Crippen LogP contribution >= 0.6 is 11.6 Å². The van der Waals surface area contributed by atoms with Crippen LogP contribution in [0.4, 0.5) is 10.1 Å². The third-order valence-corrected chi connectivity index (χ3v) is 4.54. The van der Waals surface area contributed by atoms with Crippen molar-refractivity contribution in [3.8, 4) is 0 Å². The highest BCUT2D eigenvalue weighted by Gasteiger charge is 2.27. The molecule has 0 aliphatic carbocycles. The molecule has 0 fully saturated rings. The molecule has 1 aliphatic heterocycles. The number of rotatable bonds is 5. The maximum Gasteiger partial charge on any atom is 0.291 e. The van der Waals surface area contributed by atoms with Crippen LogP contribution in [0.5, 0.6) is 0 Å². The number of aromatic nitrogens is 2. The lowest BCUT2D eigenvalue weighted by Gasteiger charge is -2.17. The predicted molar refractivity (Wildman–Crippen MR) is 97.2 cm³/mol. The number of carbonyl (C=O) groups is 2. The highest BCUT2D eigenvalue weighted by molar-refractivity contribution is 6.31. The number of carbonyl (C=O) groups excluding carboxylic acids is 2. The van der Waals surface area contributed by atoms with Crippen LogP contribution in [0, 0.1) is 5.82 Å². The molecule has 0 saturated carbocycles. The van der Waals surface area contributed by atoms with Crippen molar-refractivity contribution in [3.63, 3.8) is 0 Å². The lowest BCUT2D eigenvalue weighted by Crippen LogP contribution is -2.26. The van der Waals surface area contributed by atoms with Gasteiger partial charge in [0.05, 0.1) is 10.7 Å². The van der Waals surface area contributed by atoms with Crippen molar-refractivity contribution in [1.29, 1.82) is 0 Å². The maximum atomic E-state index is 13.3. The number of halogens is 2. The summed E-state index contributed by atoms with van der Waals surface area (Å²) >= 11 is 5.75. The standard InChI is InChI=1S/C18H20ClFN4O2/c1-2-8-21-17(25)15-14-5-3-4-9-24(14)16(23-15)18(26)22-11-6-7-13(20)12(19)10-11/h6-7,10H,2-5,8-9H2,1H3,(H,21,25)(H,22,26). The van der Waals surface area contributed by atoms with Crippen LogP contribution in [-0.2, 0) is 13.0 Å². The Kier molecular flexibility index (Phi) is 5.56. The average Bonchev–Trinajstić information content (AvgIpc) is 3.03. The van der Waals surface area contributed by atoms with E-state index in [0.717, 1.165) is 25.0 Å². The number of nitrogens with zero attached hydrogens (tertiary/aromatic N) is 2. The summed E-state index contributed by atoms with van der Waals surface area (Å²) in [5, 5.41) is 5.40. The van der Waals surface area contributed by atoms with Gasteiger partial charge in [-0.25, -0.2) is 9.37 Å². The summed E-state index contributed by atoms with van der Waals surface area (Å²) in [4.78, 5) is 29.4. The van der Waals surface area contributed by atoms with Gasteiger partial charge in [-0.05, 0) is 43.9 Å². The Morgan fingerprint density at radius 3 is 2.85 bits per heavy atom. The Hall–Kier alpha value is -2.41. The van der Waals surface area contributed by atoms with Gasteiger partial charge in [0.15, 0.2) is 5.82 Å². The molecule has 138 valence electrons. The molecule has 8 heteroatoms. The fourth-order valence-electron chi connectivity index (χ4n) is 2.98. The molecule has 2 heterocycles. The summed E-state index contributed by atoms with van der Waals surface area (Å²) in [5.41, 5.74) is 1.46. The molecule has 0 spiro atoms. The largest absolute Gasteiger partial charge is 0.351 e. The summed E-state index contributed by atoms with van der Waals surface area (Å²) in [6, 6.07) is 3.94. The molecule has 0 radical (unpaired) electrons. The highest BCUT2D eigenvalue weighted by Crippen LogP contribution is 2.23. The van der Waals surface area contributed by atoms with Crippen LogP contribution in [0.3, 0.4) is 0 Å². The first-order valence-corrected chi connectivity index (χ1v) is 9.03. The Morgan fingerprint density at radius 2 is 2.12 bits per heavy atom. The number of hydrogen-bond acceptors (Lipinski definition) is 3. The number of anilines is 1. The van der Waals surface area contributed by atoms with E-state index < -0.39 is 11.7 Å². The number of benzene rings is 1. The van der Waals surface area contributed by atoms with E-state index in [1.165, 1.54) is 18.2 Å². The predicted octanol–water partition coefficient (Wildman–Crippen LogP) is 3.40. The van der Waals surface area contributed by atoms with Crippen molar-refractivity contribution in [2.75, 3.05) is 11.9 Å². The van der Waals surface area contributed by atoms with E-state index in [-0.39, 0.29) is 16.8 Å². The van der Waals surface area contributed by atoms with Gasteiger partial charge in [-0.2, -0.15) is 0 Å². The van der Waals surface area contributed by atoms with Crippen molar-refractivity contribution in [2.45, 2.75) is 39.2 Å². The van der Waals surface area contributed by atoms with Crippen molar-refractivity contribution in [3.05, 3.63) is 46.3 Å². The average molecular weight is 379 g/mol. The van der Waals surface area contributed by atoms with Crippen LogP contribution in [0.25, 0.3) is 0 Å². The molecule has 26 heavy (non-hydrogen) atoms. The van der Waals surface area contributed by atoms with Gasteiger partial charge in [0.2, 0.25) is 0 Å². The molecule has 1 aromatic carbocycles. The van der Waals surface area contributed by atoms with Gasteiger partial charge < -0.3 is 15.2 Å². The lowest BCUT2D eigenvalue weighted by molar-refractivity contribution is 0.0947. The second-order valence-electron chi connectivity index (χ2n) is 6.18. The van der Waals surface area contributed by atoms with E-state index >= 15 is 0 Å². The molecular formula is C18H20ClFN4O2. The molecular weight excluding hydrogens is 359 g/mol. The van der Waals surface area contributed by atoms with Gasteiger partial charge in [-0.3, -0.25) is 9.59 Å². The maximum absolute atomic E-state index is 13.3. The van der Waals surface area contributed by atoms with Gasteiger partial charge >= 0.3 is 0 Å².